The standard InChI is InChI=1S/C17H24F2N2O.ClH/c1-11(2)3-6-17(22)21-16-10-20-8-7-13(16)12-4-5-14(18)15(19)9-12;/h4-5,9,11,13,16,20H,3,6-8,10H2,1-2H3,(H,21,22);1H. The second kappa shape index (κ2) is 9.18. The summed E-state index contributed by atoms with van der Waals surface area (Å²) in [4.78, 5) is 12.0. The molecule has 0 radical (unpaired) electrons. The van der Waals surface area contributed by atoms with Crippen molar-refractivity contribution < 1.29 is 13.6 Å². The summed E-state index contributed by atoms with van der Waals surface area (Å²) in [5, 5.41) is 6.29. The molecule has 1 aromatic carbocycles. The normalized spacial score (nSPS) is 20.9. The molecule has 0 spiro atoms. The molecule has 1 aromatic rings. The summed E-state index contributed by atoms with van der Waals surface area (Å²) in [5.41, 5.74) is 0.745. The zero-order valence-corrected chi connectivity index (χ0v) is 14.4. The van der Waals surface area contributed by atoms with Gasteiger partial charge < -0.3 is 10.6 Å². The lowest BCUT2D eigenvalue weighted by atomic mass is 9.86. The molecule has 0 aliphatic carbocycles. The van der Waals surface area contributed by atoms with E-state index in [1.54, 1.807) is 6.07 Å². The van der Waals surface area contributed by atoms with Crippen LogP contribution in [0.2, 0.25) is 0 Å². The van der Waals surface area contributed by atoms with Crippen LogP contribution in [0.15, 0.2) is 18.2 Å². The molecule has 23 heavy (non-hydrogen) atoms. The lowest BCUT2D eigenvalue weighted by molar-refractivity contribution is -0.122. The number of hydrogen-bond acceptors (Lipinski definition) is 2. The fourth-order valence-corrected chi connectivity index (χ4v) is 2.85. The van der Waals surface area contributed by atoms with Gasteiger partial charge in [-0.1, -0.05) is 19.9 Å². The Morgan fingerprint density at radius 2 is 2.09 bits per heavy atom. The predicted octanol–water partition coefficient (Wildman–Crippen LogP) is 3.38. The van der Waals surface area contributed by atoms with Gasteiger partial charge in [-0.2, -0.15) is 0 Å². The molecule has 1 saturated heterocycles. The Balaban J connectivity index is 0.00000264. The predicted molar refractivity (Wildman–Crippen MR) is 89.8 cm³/mol. The second-order valence-corrected chi connectivity index (χ2v) is 6.38. The molecular formula is C17H25ClF2N2O. The molecule has 3 nitrogen and oxygen atoms in total. The smallest absolute Gasteiger partial charge is 0.220 e. The maximum absolute atomic E-state index is 13.5. The number of benzene rings is 1. The van der Waals surface area contributed by atoms with Gasteiger partial charge in [0.1, 0.15) is 0 Å². The molecule has 2 atom stereocenters. The van der Waals surface area contributed by atoms with Crippen LogP contribution in [0.3, 0.4) is 0 Å². The minimum absolute atomic E-state index is 0. The molecule has 0 saturated carbocycles. The highest BCUT2D eigenvalue weighted by molar-refractivity contribution is 5.85. The van der Waals surface area contributed by atoms with Crippen molar-refractivity contribution >= 4 is 18.3 Å². The Bertz CT molecular complexity index is 525. The summed E-state index contributed by atoms with van der Waals surface area (Å²) >= 11 is 0. The lowest BCUT2D eigenvalue weighted by Gasteiger charge is -2.33. The van der Waals surface area contributed by atoms with Crippen molar-refractivity contribution in [3.63, 3.8) is 0 Å². The Morgan fingerprint density at radius 1 is 1.35 bits per heavy atom. The number of piperidine rings is 1. The zero-order valence-electron chi connectivity index (χ0n) is 13.6. The molecule has 0 bridgehead atoms. The molecule has 2 unspecified atom stereocenters. The fourth-order valence-electron chi connectivity index (χ4n) is 2.85. The van der Waals surface area contributed by atoms with E-state index in [9.17, 15) is 13.6 Å². The van der Waals surface area contributed by atoms with Gasteiger partial charge in [-0.15, -0.1) is 12.4 Å². The Labute approximate surface area is 142 Å². The molecule has 1 heterocycles. The zero-order chi connectivity index (χ0) is 16.1. The van der Waals surface area contributed by atoms with Crippen LogP contribution in [0.4, 0.5) is 8.78 Å². The van der Waals surface area contributed by atoms with Crippen molar-refractivity contribution in [2.24, 2.45) is 5.92 Å². The number of nitrogens with one attached hydrogen (secondary N) is 2. The van der Waals surface area contributed by atoms with E-state index in [0.29, 0.717) is 18.9 Å². The SMILES string of the molecule is CC(C)CCC(=O)NC1CNCCC1c1ccc(F)c(F)c1.Cl. The van der Waals surface area contributed by atoms with E-state index in [0.717, 1.165) is 31.0 Å². The van der Waals surface area contributed by atoms with Crippen molar-refractivity contribution in [3.05, 3.63) is 35.4 Å². The van der Waals surface area contributed by atoms with Gasteiger partial charge in [0, 0.05) is 24.9 Å². The first-order valence-electron chi connectivity index (χ1n) is 7.92. The van der Waals surface area contributed by atoms with Crippen molar-refractivity contribution in [1.29, 1.82) is 0 Å². The third kappa shape index (κ3) is 5.74. The van der Waals surface area contributed by atoms with Gasteiger partial charge in [-0.3, -0.25) is 4.79 Å². The number of carbonyl (C=O) groups is 1. The minimum atomic E-state index is -0.838. The topological polar surface area (TPSA) is 41.1 Å². The number of amides is 1. The Morgan fingerprint density at radius 3 is 2.74 bits per heavy atom. The van der Waals surface area contributed by atoms with E-state index in [1.807, 2.05) is 0 Å². The van der Waals surface area contributed by atoms with Gasteiger partial charge in [0.05, 0.1) is 0 Å². The van der Waals surface area contributed by atoms with Crippen LogP contribution in [0.1, 0.15) is 44.6 Å². The molecule has 1 amide bonds. The molecule has 1 fully saturated rings. The third-order valence-corrected chi connectivity index (χ3v) is 4.15. The van der Waals surface area contributed by atoms with Crippen molar-refractivity contribution in [2.75, 3.05) is 13.1 Å². The van der Waals surface area contributed by atoms with Crippen LogP contribution in [0.5, 0.6) is 0 Å². The van der Waals surface area contributed by atoms with Crippen molar-refractivity contribution in [2.45, 2.75) is 45.1 Å². The summed E-state index contributed by atoms with van der Waals surface area (Å²) in [5.74, 6) is -1.15. The number of hydrogen-bond donors (Lipinski definition) is 2. The summed E-state index contributed by atoms with van der Waals surface area (Å²) in [6.07, 6.45) is 2.14. The largest absolute Gasteiger partial charge is 0.351 e. The van der Waals surface area contributed by atoms with Crippen LogP contribution in [0, 0.1) is 17.6 Å². The van der Waals surface area contributed by atoms with Gasteiger partial charge in [-0.25, -0.2) is 8.78 Å². The fraction of sp³-hybridized carbons (Fsp3) is 0.588. The van der Waals surface area contributed by atoms with E-state index in [1.165, 1.54) is 6.07 Å². The van der Waals surface area contributed by atoms with Gasteiger partial charge >= 0.3 is 0 Å². The summed E-state index contributed by atoms with van der Waals surface area (Å²) < 4.78 is 26.5. The highest BCUT2D eigenvalue weighted by atomic mass is 35.5. The molecule has 6 heteroatoms. The van der Waals surface area contributed by atoms with Gasteiger partial charge in [-0.05, 0) is 43.0 Å². The molecule has 1 aliphatic rings. The van der Waals surface area contributed by atoms with Crippen LogP contribution >= 0.6 is 12.4 Å². The number of rotatable bonds is 5. The van der Waals surface area contributed by atoms with Crippen LogP contribution in [0.25, 0.3) is 0 Å². The van der Waals surface area contributed by atoms with Gasteiger partial charge in [0.25, 0.3) is 0 Å². The summed E-state index contributed by atoms with van der Waals surface area (Å²) in [6.45, 7) is 5.62. The highest BCUT2D eigenvalue weighted by Crippen LogP contribution is 2.27. The molecule has 130 valence electrons. The van der Waals surface area contributed by atoms with Crippen molar-refractivity contribution in [3.8, 4) is 0 Å². The number of halogens is 3. The maximum Gasteiger partial charge on any atom is 0.220 e. The average molecular weight is 347 g/mol. The molecule has 2 N–H and O–H groups in total. The Hall–Kier alpha value is -1.20. The van der Waals surface area contributed by atoms with E-state index < -0.39 is 11.6 Å². The van der Waals surface area contributed by atoms with E-state index in [2.05, 4.69) is 24.5 Å². The van der Waals surface area contributed by atoms with Crippen molar-refractivity contribution in [1.82, 2.24) is 10.6 Å². The lowest BCUT2D eigenvalue weighted by Crippen LogP contribution is -2.50. The monoisotopic (exact) mass is 346 g/mol. The third-order valence-electron chi connectivity index (χ3n) is 4.15. The quantitative estimate of drug-likeness (QED) is 0.858. The molecule has 2 rings (SSSR count). The minimum Gasteiger partial charge on any atom is -0.351 e. The number of carbonyl (C=O) groups excluding carboxylic acids is 1. The molecule has 0 aromatic heterocycles. The summed E-state index contributed by atoms with van der Waals surface area (Å²) in [6, 6.07) is 3.93. The summed E-state index contributed by atoms with van der Waals surface area (Å²) in [7, 11) is 0. The Kier molecular flexibility index (Phi) is 7.92. The van der Waals surface area contributed by atoms with E-state index in [-0.39, 0.29) is 30.3 Å². The average Bonchev–Trinajstić information content (AvgIpc) is 2.49. The maximum atomic E-state index is 13.5. The molecule has 1 aliphatic heterocycles. The highest BCUT2D eigenvalue weighted by Gasteiger charge is 2.28. The van der Waals surface area contributed by atoms with E-state index >= 15 is 0 Å². The van der Waals surface area contributed by atoms with Crippen LogP contribution < -0.4 is 10.6 Å². The first-order chi connectivity index (χ1) is 10.5. The van der Waals surface area contributed by atoms with Gasteiger partial charge in [0.15, 0.2) is 11.6 Å². The first kappa shape index (κ1) is 19.8. The van der Waals surface area contributed by atoms with Crippen LogP contribution in [-0.2, 0) is 4.79 Å². The van der Waals surface area contributed by atoms with Crippen LogP contribution in [-0.4, -0.2) is 25.0 Å². The van der Waals surface area contributed by atoms with Gasteiger partial charge in [0.2, 0.25) is 5.91 Å². The first-order valence-corrected chi connectivity index (χ1v) is 7.92. The molecular weight excluding hydrogens is 322 g/mol. The van der Waals surface area contributed by atoms with E-state index in [4.69, 9.17) is 0 Å². The second-order valence-electron chi connectivity index (χ2n) is 6.38.